The van der Waals surface area contributed by atoms with Gasteiger partial charge in [-0.3, -0.25) is 0 Å². The largest absolute Gasteiger partial charge is 0.464 e. The molecule has 1 aromatic heterocycles. The van der Waals surface area contributed by atoms with E-state index in [0.29, 0.717) is 0 Å². The van der Waals surface area contributed by atoms with Crippen LogP contribution in [0.2, 0.25) is 0 Å². The van der Waals surface area contributed by atoms with E-state index in [1.54, 1.807) is 13.8 Å². The number of rotatable bonds is 5. The van der Waals surface area contributed by atoms with E-state index in [1.807, 2.05) is 0 Å². The molecular weight excluding hydrogens is 214 g/mol. The van der Waals surface area contributed by atoms with Crippen molar-refractivity contribution in [2.24, 2.45) is 0 Å². The number of esters is 2. The van der Waals surface area contributed by atoms with Gasteiger partial charge in [0.05, 0.1) is 25.6 Å². The van der Waals surface area contributed by atoms with E-state index in [-0.39, 0.29) is 13.2 Å². The summed E-state index contributed by atoms with van der Waals surface area (Å²) in [4.78, 5) is 24.0. The van der Waals surface area contributed by atoms with Crippen LogP contribution in [0.5, 0.6) is 0 Å². The number of carbonyl (C=O) groups excluding carboxylic acids is 2. The number of ether oxygens (including phenoxy) is 2. The Balaban J connectivity index is 2.85. The molecule has 0 N–H and O–H groups in total. The van der Waals surface area contributed by atoms with Crippen molar-refractivity contribution in [1.82, 2.24) is 15.0 Å². The van der Waals surface area contributed by atoms with Gasteiger partial charge < -0.3 is 9.47 Å². The molecule has 0 atom stereocenters. The molecule has 1 aromatic rings. The Morgan fingerprint density at radius 1 is 1.12 bits per heavy atom. The van der Waals surface area contributed by atoms with Crippen molar-refractivity contribution in [3.63, 3.8) is 0 Å². The maximum atomic E-state index is 11.5. The van der Waals surface area contributed by atoms with Gasteiger partial charge in [-0.2, -0.15) is 15.0 Å². The Labute approximate surface area is 92.3 Å². The second kappa shape index (κ2) is 5.84. The first-order valence-electron chi connectivity index (χ1n) is 4.89. The van der Waals surface area contributed by atoms with Crippen LogP contribution in [0.3, 0.4) is 0 Å². The van der Waals surface area contributed by atoms with Gasteiger partial charge in [0.1, 0.15) is 0 Å². The summed E-state index contributed by atoms with van der Waals surface area (Å²) in [6.45, 7) is 3.65. The van der Waals surface area contributed by atoms with Gasteiger partial charge in [0.2, 0.25) is 0 Å². The molecule has 16 heavy (non-hydrogen) atoms. The molecule has 7 heteroatoms. The molecule has 0 radical (unpaired) electrons. The molecule has 88 valence electrons. The van der Waals surface area contributed by atoms with Gasteiger partial charge in [0, 0.05) is 0 Å². The van der Waals surface area contributed by atoms with E-state index in [4.69, 9.17) is 9.47 Å². The molecular formula is C9H13N3O4. The molecule has 0 saturated heterocycles. The Morgan fingerprint density at radius 2 is 1.56 bits per heavy atom. The predicted molar refractivity (Wildman–Crippen MR) is 52.3 cm³/mol. The number of aromatic nitrogens is 3. The molecule has 0 amide bonds. The second-order valence-electron chi connectivity index (χ2n) is 2.76. The smallest absolute Gasteiger partial charge is 0.344 e. The lowest BCUT2D eigenvalue weighted by atomic mass is 10.3. The van der Waals surface area contributed by atoms with Crippen LogP contribution in [-0.2, 0) is 19.1 Å². The molecule has 0 fully saturated rings. The average molecular weight is 227 g/mol. The van der Waals surface area contributed by atoms with Crippen molar-refractivity contribution >= 4 is 11.9 Å². The molecule has 0 bridgehead atoms. The van der Waals surface area contributed by atoms with Crippen LogP contribution in [0.4, 0.5) is 0 Å². The summed E-state index contributed by atoms with van der Waals surface area (Å²) in [5.41, 5.74) is 0. The molecule has 1 rings (SSSR count). The number of nitrogens with zero attached hydrogens (tertiary/aromatic N) is 3. The summed E-state index contributed by atoms with van der Waals surface area (Å²) in [7, 11) is 0. The molecule has 0 aliphatic carbocycles. The Morgan fingerprint density at radius 3 is 1.94 bits per heavy atom. The van der Waals surface area contributed by atoms with Gasteiger partial charge in [0.15, 0.2) is 0 Å². The Kier molecular flexibility index (Phi) is 4.43. The van der Waals surface area contributed by atoms with Crippen molar-refractivity contribution < 1.29 is 19.1 Å². The molecule has 7 nitrogen and oxygen atoms in total. The summed E-state index contributed by atoms with van der Waals surface area (Å²) in [6.07, 6.45) is 2.73. The summed E-state index contributed by atoms with van der Waals surface area (Å²) in [5.74, 6) is -1.45. The topological polar surface area (TPSA) is 83.3 Å². The zero-order valence-electron chi connectivity index (χ0n) is 9.12. The Hall–Kier alpha value is -1.92. The monoisotopic (exact) mass is 227 g/mol. The lowest BCUT2D eigenvalue weighted by Crippen LogP contribution is -2.32. The van der Waals surface area contributed by atoms with Gasteiger partial charge in [-0.25, -0.2) is 9.59 Å². The van der Waals surface area contributed by atoms with Gasteiger partial charge >= 0.3 is 11.9 Å². The third-order valence-electron chi connectivity index (χ3n) is 1.69. The van der Waals surface area contributed by atoms with Crippen molar-refractivity contribution in [3.8, 4) is 0 Å². The van der Waals surface area contributed by atoms with Crippen LogP contribution >= 0.6 is 0 Å². The Bertz CT molecular complexity index is 332. The minimum Gasteiger partial charge on any atom is -0.464 e. The minimum absolute atomic E-state index is 0.177. The van der Waals surface area contributed by atoms with Gasteiger partial charge in [-0.1, -0.05) is 0 Å². The first-order chi connectivity index (χ1) is 7.70. The fourth-order valence-electron chi connectivity index (χ4n) is 1.09. The summed E-state index contributed by atoms with van der Waals surface area (Å²) < 4.78 is 9.51. The number of hydrogen-bond donors (Lipinski definition) is 0. The predicted octanol–water partition coefficient (Wildman–Crippen LogP) is -0.0546. The van der Waals surface area contributed by atoms with E-state index in [0.717, 1.165) is 4.80 Å². The van der Waals surface area contributed by atoms with E-state index >= 15 is 0 Å². The van der Waals surface area contributed by atoms with Crippen LogP contribution in [0.1, 0.15) is 19.9 Å². The highest BCUT2D eigenvalue weighted by atomic mass is 16.6. The number of carbonyl (C=O) groups is 2. The lowest BCUT2D eigenvalue weighted by Gasteiger charge is -2.12. The van der Waals surface area contributed by atoms with Crippen molar-refractivity contribution in [2.75, 3.05) is 13.2 Å². The third kappa shape index (κ3) is 2.78. The van der Waals surface area contributed by atoms with Crippen LogP contribution in [0.25, 0.3) is 0 Å². The highest BCUT2D eigenvalue weighted by Crippen LogP contribution is 2.08. The summed E-state index contributed by atoms with van der Waals surface area (Å²) >= 11 is 0. The average Bonchev–Trinajstić information content (AvgIpc) is 2.72. The lowest BCUT2D eigenvalue weighted by molar-refractivity contribution is -0.161. The SMILES string of the molecule is CCOC(=O)C(C(=O)OCC)n1nccn1. The fourth-order valence-corrected chi connectivity index (χ4v) is 1.09. The fraction of sp³-hybridized carbons (Fsp3) is 0.556. The molecule has 0 aliphatic heterocycles. The van der Waals surface area contributed by atoms with E-state index < -0.39 is 18.0 Å². The highest BCUT2D eigenvalue weighted by molar-refractivity contribution is 5.96. The molecule has 0 spiro atoms. The van der Waals surface area contributed by atoms with Gasteiger partial charge in [-0.15, -0.1) is 0 Å². The zero-order valence-corrected chi connectivity index (χ0v) is 9.12. The zero-order chi connectivity index (χ0) is 12.0. The molecule has 0 unspecified atom stereocenters. The highest BCUT2D eigenvalue weighted by Gasteiger charge is 2.32. The maximum Gasteiger partial charge on any atom is 0.344 e. The second-order valence-corrected chi connectivity index (χ2v) is 2.76. The molecule has 0 aromatic carbocycles. The first kappa shape index (κ1) is 12.2. The quantitative estimate of drug-likeness (QED) is 0.518. The van der Waals surface area contributed by atoms with Crippen LogP contribution < -0.4 is 0 Å². The maximum absolute atomic E-state index is 11.5. The van der Waals surface area contributed by atoms with Crippen LogP contribution in [0, 0.1) is 0 Å². The molecule has 1 heterocycles. The van der Waals surface area contributed by atoms with E-state index in [2.05, 4.69) is 10.2 Å². The molecule has 0 aliphatic rings. The van der Waals surface area contributed by atoms with Crippen LogP contribution in [-0.4, -0.2) is 40.1 Å². The van der Waals surface area contributed by atoms with E-state index in [9.17, 15) is 9.59 Å². The summed E-state index contributed by atoms with van der Waals surface area (Å²) in [5, 5.41) is 7.45. The van der Waals surface area contributed by atoms with Gasteiger partial charge in [-0.05, 0) is 13.8 Å². The van der Waals surface area contributed by atoms with Gasteiger partial charge in [0.25, 0.3) is 6.04 Å². The standard InChI is InChI=1S/C9H13N3O4/c1-3-15-8(13)7(9(14)16-4-2)12-10-5-6-11-12/h5-7H,3-4H2,1-2H3. The van der Waals surface area contributed by atoms with Crippen LogP contribution in [0.15, 0.2) is 12.4 Å². The molecule has 0 saturated carbocycles. The normalized spacial score (nSPS) is 10.2. The van der Waals surface area contributed by atoms with Crippen molar-refractivity contribution in [1.29, 1.82) is 0 Å². The minimum atomic E-state index is -1.27. The third-order valence-corrected chi connectivity index (χ3v) is 1.69. The number of hydrogen-bond acceptors (Lipinski definition) is 6. The van der Waals surface area contributed by atoms with Crippen molar-refractivity contribution in [3.05, 3.63) is 12.4 Å². The first-order valence-corrected chi connectivity index (χ1v) is 4.89. The summed E-state index contributed by atoms with van der Waals surface area (Å²) in [6, 6.07) is -1.27. The van der Waals surface area contributed by atoms with E-state index in [1.165, 1.54) is 12.4 Å². The van der Waals surface area contributed by atoms with Crippen molar-refractivity contribution in [2.45, 2.75) is 19.9 Å².